The lowest BCUT2D eigenvalue weighted by Gasteiger charge is -2.00. The standard InChI is InChI=1S/C6H6ClFN2/c7-4-1-3(8)2-5(9)6(4)10/h1-2H,9-10H2. The Balaban J connectivity index is 3.31. The van der Waals surface area contributed by atoms with Crippen molar-refractivity contribution in [1.82, 2.24) is 0 Å². The highest BCUT2D eigenvalue weighted by Crippen LogP contribution is 2.25. The molecule has 0 heterocycles. The molecule has 10 heavy (non-hydrogen) atoms. The van der Waals surface area contributed by atoms with Crippen molar-refractivity contribution >= 4 is 23.0 Å². The van der Waals surface area contributed by atoms with Crippen LogP contribution >= 0.6 is 11.6 Å². The highest BCUT2D eigenvalue weighted by molar-refractivity contribution is 6.33. The summed E-state index contributed by atoms with van der Waals surface area (Å²) in [7, 11) is 0. The van der Waals surface area contributed by atoms with Gasteiger partial charge in [-0.2, -0.15) is 0 Å². The fourth-order valence-corrected chi connectivity index (χ4v) is 0.818. The van der Waals surface area contributed by atoms with Gasteiger partial charge in [0.15, 0.2) is 0 Å². The van der Waals surface area contributed by atoms with E-state index in [4.69, 9.17) is 23.1 Å². The van der Waals surface area contributed by atoms with Gasteiger partial charge < -0.3 is 11.5 Å². The minimum atomic E-state index is -0.475. The van der Waals surface area contributed by atoms with E-state index in [2.05, 4.69) is 0 Å². The van der Waals surface area contributed by atoms with E-state index in [1.165, 1.54) is 0 Å². The van der Waals surface area contributed by atoms with E-state index >= 15 is 0 Å². The molecule has 0 saturated carbocycles. The Morgan fingerprint density at radius 2 is 1.90 bits per heavy atom. The summed E-state index contributed by atoms with van der Waals surface area (Å²) >= 11 is 5.47. The van der Waals surface area contributed by atoms with Crippen molar-refractivity contribution in [1.29, 1.82) is 0 Å². The van der Waals surface area contributed by atoms with Gasteiger partial charge in [-0.05, 0) is 12.1 Å². The molecule has 0 radical (unpaired) electrons. The summed E-state index contributed by atoms with van der Waals surface area (Å²) in [6.45, 7) is 0. The van der Waals surface area contributed by atoms with Gasteiger partial charge in [-0.25, -0.2) is 4.39 Å². The second kappa shape index (κ2) is 2.34. The Labute approximate surface area is 62.6 Å². The molecule has 54 valence electrons. The molecule has 0 amide bonds. The van der Waals surface area contributed by atoms with Gasteiger partial charge >= 0.3 is 0 Å². The van der Waals surface area contributed by atoms with Gasteiger partial charge in [-0.1, -0.05) is 11.6 Å². The number of halogens is 2. The van der Waals surface area contributed by atoms with E-state index in [9.17, 15) is 4.39 Å². The molecule has 0 bridgehead atoms. The van der Waals surface area contributed by atoms with Crippen LogP contribution in [0.15, 0.2) is 12.1 Å². The molecule has 0 spiro atoms. The van der Waals surface area contributed by atoms with Crippen molar-refractivity contribution < 1.29 is 4.39 Å². The van der Waals surface area contributed by atoms with Crippen LogP contribution in [0.2, 0.25) is 5.02 Å². The summed E-state index contributed by atoms with van der Waals surface area (Å²) < 4.78 is 12.4. The van der Waals surface area contributed by atoms with Crippen LogP contribution in [0, 0.1) is 5.82 Å². The lowest BCUT2D eigenvalue weighted by Crippen LogP contribution is -1.95. The largest absolute Gasteiger partial charge is 0.397 e. The minimum absolute atomic E-state index is 0.150. The highest BCUT2D eigenvalue weighted by Gasteiger charge is 2.01. The summed E-state index contributed by atoms with van der Waals surface area (Å²) in [5.74, 6) is -0.475. The Morgan fingerprint density at radius 3 is 2.40 bits per heavy atom. The molecule has 0 aliphatic rings. The second-order valence-corrected chi connectivity index (χ2v) is 2.30. The van der Waals surface area contributed by atoms with Gasteiger partial charge in [0, 0.05) is 0 Å². The molecule has 1 aromatic rings. The van der Waals surface area contributed by atoms with Crippen molar-refractivity contribution in [3.8, 4) is 0 Å². The molecule has 0 unspecified atom stereocenters. The molecule has 1 aromatic carbocycles. The third-order valence-corrected chi connectivity index (χ3v) is 1.44. The molecule has 0 atom stereocenters. The molecule has 2 nitrogen and oxygen atoms in total. The topological polar surface area (TPSA) is 52.0 Å². The summed E-state index contributed by atoms with van der Waals surface area (Å²) in [6, 6.07) is 2.24. The van der Waals surface area contributed by atoms with E-state index in [1.54, 1.807) is 0 Å². The Morgan fingerprint density at radius 1 is 1.30 bits per heavy atom. The average molecular weight is 161 g/mol. The van der Waals surface area contributed by atoms with Crippen molar-refractivity contribution in [3.05, 3.63) is 23.0 Å². The predicted octanol–water partition coefficient (Wildman–Crippen LogP) is 1.64. The van der Waals surface area contributed by atoms with Gasteiger partial charge in [0.25, 0.3) is 0 Å². The fourth-order valence-electron chi connectivity index (χ4n) is 0.605. The van der Waals surface area contributed by atoms with Crippen LogP contribution in [0.1, 0.15) is 0 Å². The molecule has 0 aromatic heterocycles. The van der Waals surface area contributed by atoms with Crippen LogP contribution < -0.4 is 11.5 Å². The lowest BCUT2D eigenvalue weighted by molar-refractivity contribution is 0.629. The van der Waals surface area contributed by atoms with Crippen LogP contribution in [-0.2, 0) is 0 Å². The summed E-state index contributed by atoms with van der Waals surface area (Å²) in [6.07, 6.45) is 0. The third kappa shape index (κ3) is 1.14. The van der Waals surface area contributed by atoms with E-state index in [1.807, 2.05) is 0 Å². The third-order valence-electron chi connectivity index (χ3n) is 1.13. The quantitative estimate of drug-likeness (QED) is 0.567. The van der Waals surface area contributed by atoms with Gasteiger partial charge in [-0.15, -0.1) is 0 Å². The first-order valence-corrected chi connectivity index (χ1v) is 2.99. The van der Waals surface area contributed by atoms with Crippen molar-refractivity contribution in [2.75, 3.05) is 11.5 Å². The number of nitrogens with two attached hydrogens (primary N) is 2. The second-order valence-electron chi connectivity index (χ2n) is 1.89. The van der Waals surface area contributed by atoms with E-state index in [0.717, 1.165) is 12.1 Å². The van der Waals surface area contributed by atoms with Crippen molar-refractivity contribution in [2.24, 2.45) is 0 Å². The lowest BCUT2D eigenvalue weighted by atomic mass is 10.3. The fraction of sp³-hybridized carbons (Fsp3) is 0. The Hall–Kier alpha value is -0.960. The van der Waals surface area contributed by atoms with Crippen LogP contribution in [0.3, 0.4) is 0 Å². The number of nitrogen functional groups attached to an aromatic ring is 2. The molecule has 4 heteroatoms. The first-order valence-electron chi connectivity index (χ1n) is 2.61. The predicted molar refractivity (Wildman–Crippen MR) is 40.2 cm³/mol. The summed E-state index contributed by atoms with van der Waals surface area (Å²) in [5, 5.41) is 0.150. The monoisotopic (exact) mass is 160 g/mol. The Bertz CT molecular complexity index is 239. The number of benzene rings is 1. The number of hydrogen-bond donors (Lipinski definition) is 2. The zero-order valence-corrected chi connectivity index (χ0v) is 5.82. The van der Waals surface area contributed by atoms with Crippen molar-refractivity contribution in [2.45, 2.75) is 0 Å². The van der Waals surface area contributed by atoms with Crippen LogP contribution in [-0.4, -0.2) is 0 Å². The van der Waals surface area contributed by atoms with Gasteiger partial charge in [0.05, 0.1) is 16.4 Å². The SMILES string of the molecule is Nc1cc(F)cc(Cl)c1N. The molecule has 4 N–H and O–H groups in total. The van der Waals surface area contributed by atoms with Crippen LogP contribution in [0.5, 0.6) is 0 Å². The maximum absolute atomic E-state index is 12.4. The number of anilines is 2. The smallest absolute Gasteiger partial charge is 0.126 e. The Kier molecular flexibility index (Phi) is 1.68. The molecule has 0 aliphatic heterocycles. The maximum atomic E-state index is 12.4. The molecular weight excluding hydrogens is 155 g/mol. The van der Waals surface area contributed by atoms with Crippen LogP contribution in [0.4, 0.5) is 15.8 Å². The van der Waals surface area contributed by atoms with Crippen molar-refractivity contribution in [3.63, 3.8) is 0 Å². The van der Waals surface area contributed by atoms with Gasteiger partial charge in [-0.3, -0.25) is 0 Å². The minimum Gasteiger partial charge on any atom is -0.397 e. The summed E-state index contributed by atoms with van der Waals surface area (Å²) in [4.78, 5) is 0. The number of rotatable bonds is 0. The molecule has 0 aliphatic carbocycles. The van der Waals surface area contributed by atoms with E-state index in [-0.39, 0.29) is 16.4 Å². The molecular formula is C6H6ClFN2. The normalized spacial score (nSPS) is 9.80. The first kappa shape index (κ1) is 7.15. The van der Waals surface area contributed by atoms with Gasteiger partial charge in [0.2, 0.25) is 0 Å². The highest BCUT2D eigenvalue weighted by atomic mass is 35.5. The van der Waals surface area contributed by atoms with Gasteiger partial charge in [0.1, 0.15) is 5.82 Å². The average Bonchev–Trinajstić information content (AvgIpc) is 1.82. The van der Waals surface area contributed by atoms with Crippen LogP contribution in [0.25, 0.3) is 0 Å². The first-order chi connectivity index (χ1) is 4.61. The summed E-state index contributed by atoms with van der Waals surface area (Å²) in [5.41, 5.74) is 11.0. The van der Waals surface area contributed by atoms with E-state index < -0.39 is 5.82 Å². The van der Waals surface area contributed by atoms with E-state index in [0.29, 0.717) is 0 Å². The molecule has 0 saturated heterocycles. The number of hydrogen-bond acceptors (Lipinski definition) is 2. The maximum Gasteiger partial charge on any atom is 0.126 e. The molecule has 1 rings (SSSR count). The zero-order chi connectivity index (χ0) is 7.72. The molecule has 0 fully saturated rings. The zero-order valence-electron chi connectivity index (χ0n) is 5.07.